The molecule has 29 heavy (non-hydrogen) atoms. The molecule has 0 aliphatic rings. The summed E-state index contributed by atoms with van der Waals surface area (Å²) in [6.45, 7) is 0. The van der Waals surface area contributed by atoms with Crippen LogP contribution in [0.25, 0.3) is 33.4 Å². The second-order valence-electron chi connectivity index (χ2n) is 9.42. The summed E-state index contributed by atoms with van der Waals surface area (Å²) in [6, 6.07) is 25.8. The Hall–Kier alpha value is -2.88. The first kappa shape index (κ1) is 19.4. The molecule has 0 saturated heterocycles. The van der Waals surface area contributed by atoms with E-state index in [4.69, 9.17) is 4.42 Å². The van der Waals surface area contributed by atoms with E-state index < -0.39 is 0 Å². The van der Waals surface area contributed by atoms with Crippen LogP contribution in [-0.2, 0) is 0 Å². The highest BCUT2D eigenvalue weighted by atomic mass is 16.3. The standard InChI is InChI=1S/C26H30N2O/c1-27(2,3)21-15-11-19(12-16-21)25-23-9-7-8-10-24(23)26(29-25)20-13-17-22(18-14-20)28(4,5)6/h7-18H,1-6H3/q+2. The molecule has 0 amide bonds. The van der Waals surface area contributed by atoms with Crippen LogP contribution >= 0.6 is 0 Å². The van der Waals surface area contributed by atoms with Crippen LogP contribution < -0.4 is 8.97 Å². The van der Waals surface area contributed by atoms with E-state index in [1.807, 2.05) is 0 Å². The van der Waals surface area contributed by atoms with Gasteiger partial charge in [0.05, 0.1) is 42.3 Å². The summed E-state index contributed by atoms with van der Waals surface area (Å²) in [7, 11) is 13.1. The molecule has 0 spiro atoms. The topological polar surface area (TPSA) is 13.1 Å². The van der Waals surface area contributed by atoms with Crippen molar-refractivity contribution in [2.75, 3.05) is 42.3 Å². The molecular formula is C26H30N2O+2. The minimum absolute atomic E-state index is 0.795. The van der Waals surface area contributed by atoms with Crippen LogP contribution in [-0.4, -0.2) is 42.3 Å². The summed E-state index contributed by atoms with van der Waals surface area (Å²) in [4.78, 5) is 0. The van der Waals surface area contributed by atoms with Crippen LogP contribution in [0.1, 0.15) is 0 Å². The minimum atomic E-state index is 0.795. The summed E-state index contributed by atoms with van der Waals surface area (Å²) >= 11 is 0. The first-order chi connectivity index (χ1) is 13.6. The van der Waals surface area contributed by atoms with Crippen LogP contribution in [0.2, 0.25) is 0 Å². The van der Waals surface area contributed by atoms with E-state index in [9.17, 15) is 0 Å². The lowest BCUT2D eigenvalue weighted by Gasteiger charge is -2.23. The maximum absolute atomic E-state index is 6.48. The average Bonchev–Trinajstić information content (AvgIpc) is 3.07. The highest BCUT2D eigenvalue weighted by Crippen LogP contribution is 2.40. The third-order valence-electron chi connectivity index (χ3n) is 5.43. The number of quaternary nitrogens is 2. The molecule has 0 bridgehead atoms. The number of hydrogen-bond acceptors (Lipinski definition) is 1. The molecule has 1 heterocycles. The molecule has 4 aromatic rings. The molecule has 0 saturated carbocycles. The summed E-state index contributed by atoms with van der Waals surface area (Å²) in [6.07, 6.45) is 0. The van der Waals surface area contributed by atoms with E-state index in [0.29, 0.717) is 0 Å². The van der Waals surface area contributed by atoms with Crippen molar-refractivity contribution >= 4 is 22.1 Å². The van der Waals surface area contributed by atoms with Crippen molar-refractivity contribution in [1.29, 1.82) is 0 Å². The highest BCUT2D eigenvalue weighted by Gasteiger charge is 2.19. The molecule has 0 N–H and O–H groups in total. The largest absolute Gasteiger partial charge is 0.455 e. The zero-order valence-corrected chi connectivity index (χ0v) is 18.2. The Morgan fingerprint density at radius 1 is 0.483 bits per heavy atom. The van der Waals surface area contributed by atoms with Gasteiger partial charge in [0.2, 0.25) is 0 Å². The molecule has 0 unspecified atom stereocenters. The van der Waals surface area contributed by atoms with Crippen molar-refractivity contribution < 1.29 is 4.42 Å². The quantitative estimate of drug-likeness (QED) is 0.383. The van der Waals surface area contributed by atoms with Crippen LogP contribution in [0.15, 0.2) is 77.2 Å². The van der Waals surface area contributed by atoms with Gasteiger partial charge in [-0.1, -0.05) is 24.3 Å². The molecule has 3 heteroatoms. The first-order valence-corrected chi connectivity index (χ1v) is 10.0. The SMILES string of the molecule is C[N+](C)(C)c1ccc(-c2oc(-c3ccc([N+](C)(C)C)cc3)c3ccccc23)cc1. The zero-order chi connectivity index (χ0) is 20.8. The average molecular weight is 387 g/mol. The van der Waals surface area contributed by atoms with Crippen LogP contribution in [0.3, 0.4) is 0 Å². The minimum Gasteiger partial charge on any atom is -0.455 e. The van der Waals surface area contributed by atoms with Gasteiger partial charge in [-0.25, -0.2) is 0 Å². The lowest BCUT2D eigenvalue weighted by Crippen LogP contribution is -2.34. The van der Waals surface area contributed by atoms with Crippen molar-refractivity contribution in [3.05, 3.63) is 72.8 Å². The maximum Gasteiger partial charge on any atom is 0.142 e. The molecule has 148 valence electrons. The zero-order valence-electron chi connectivity index (χ0n) is 18.2. The van der Waals surface area contributed by atoms with Gasteiger partial charge in [0.25, 0.3) is 0 Å². The summed E-state index contributed by atoms with van der Waals surface area (Å²) < 4.78 is 8.07. The van der Waals surface area contributed by atoms with E-state index in [0.717, 1.165) is 42.4 Å². The molecular weight excluding hydrogens is 356 g/mol. The number of nitrogens with zero attached hydrogens (tertiary/aromatic N) is 2. The number of hydrogen-bond donors (Lipinski definition) is 0. The molecule has 3 aromatic carbocycles. The van der Waals surface area contributed by atoms with Gasteiger partial charge >= 0.3 is 0 Å². The summed E-state index contributed by atoms with van der Waals surface area (Å²) in [5.41, 5.74) is 4.74. The van der Waals surface area contributed by atoms with Crippen molar-refractivity contribution in [2.24, 2.45) is 0 Å². The molecule has 0 aliphatic carbocycles. The Bertz CT molecular complexity index is 1050. The highest BCUT2D eigenvalue weighted by molar-refractivity contribution is 6.02. The molecule has 0 atom stereocenters. The Kier molecular flexibility index (Phi) is 4.60. The third kappa shape index (κ3) is 3.71. The number of benzene rings is 3. The van der Waals surface area contributed by atoms with Crippen molar-refractivity contribution in [3.8, 4) is 22.6 Å². The van der Waals surface area contributed by atoms with Crippen LogP contribution in [0.4, 0.5) is 11.4 Å². The summed E-state index contributed by atoms with van der Waals surface area (Å²) in [5, 5.41) is 2.30. The van der Waals surface area contributed by atoms with Gasteiger partial charge in [0, 0.05) is 21.9 Å². The van der Waals surface area contributed by atoms with Gasteiger partial charge in [-0.15, -0.1) is 0 Å². The predicted octanol–water partition coefficient (Wildman–Crippen LogP) is 6.16. The van der Waals surface area contributed by atoms with Gasteiger partial charge in [-0.05, 0) is 48.5 Å². The smallest absolute Gasteiger partial charge is 0.142 e. The number of fused-ring (bicyclic) bond motifs is 1. The van der Waals surface area contributed by atoms with E-state index in [1.54, 1.807) is 0 Å². The van der Waals surface area contributed by atoms with E-state index in [2.05, 4.69) is 115 Å². The Balaban J connectivity index is 1.82. The number of furan rings is 1. The van der Waals surface area contributed by atoms with Gasteiger partial charge in [-0.3, -0.25) is 8.97 Å². The normalized spacial score (nSPS) is 12.5. The lowest BCUT2D eigenvalue weighted by atomic mass is 10.0. The number of rotatable bonds is 4. The fourth-order valence-corrected chi connectivity index (χ4v) is 3.64. The molecule has 1 aromatic heterocycles. The molecule has 4 rings (SSSR count). The molecule has 3 nitrogen and oxygen atoms in total. The van der Waals surface area contributed by atoms with Gasteiger partial charge in [0.1, 0.15) is 22.9 Å². The van der Waals surface area contributed by atoms with E-state index in [-0.39, 0.29) is 0 Å². The Labute approximate surface area is 173 Å². The van der Waals surface area contributed by atoms with Gasteiger partial charge < -0.3 is 4.42 Å². The van der Waals surface area contributed by atoms with Crippen LogP contribution in [0, 0.1) is 0 Å². The molecule has 0 radical (unpaired) electrons. The van der Waals surface area contributed by atoms with E-state index in [1.165, 1.54) is 11.4 Å². The fraction of sp³-hybridized carbons (Fsp3) is 0.231. The maximum atomic E-state index is 6.48. The van der Waals surface area contributed by atoms with E-state index >= 15 is 0 Å². The summed E-state index contributed by atoms with van der Waals surface area (Å²) in [5.74, 6) is 1.86. The van der Waals surface area contributed by atoms with Gasteiger partial charge in [-0.2, -0.15) is 0 Å². The molecule has 0 aliphatic heterocycles. The Morgan fingerprint density at radius 3 is 1.14 bits per heavy atom. The van der Waals surface area contributed by atoms with Crippen molar-refractivity contribution in [2.45, 2.75) is 0 Å². The fourth-order valence-electron chi connectivity index (χ4n) is 3.64. The Morgan fingerprint density at radius 2 is 0.828 bits per heavy atom. The second-order valence-corrected chi connectivity index (χ2v) is 9.42. The van der Waals surface area contributed by atoms with Gasteiger partial charge in [0.15, 0.2) is 0 Å². The third-order valence-corrected chi connectivity index (χ3v) is 5.43. The van der Waals surface area contributed by atoms with Crippen molar-refractivity contribution in [1.82, 2.24) is 8.97 Å². The lowest BCUT2D eigenvalue weighted by molar-refractivity contribution is 0.486. The first-order valence-electron chi connectivity index (χ1n) is 10.0. The molecule has 0 fully saturated rings. The van der Waals surface area contributed by atoms with Crippen LogP contribution in [0.5, 0.6) is 0 Å². The van der Waals surface area contributed by atoms with Crippen molar-refractivity contribution in [3.63, 3.8) is 0 Å². The monoisotopic (exact) mass is 386 g/mol. The predicted molar refractivity (Wildman–Crippen MR) is 126 cm³/mol. The second kappa shape index (κ2) is 6.87.